The fourth-order valence-electron chi connectivity index (χ4n) is 4.04. The monoisotopic (exact) mass is 280 g/mol. The zero-order valence-corrected chi connectivity index (χ0v) is 12.1. The number of hydrogen-bond acceptors (Lipinski definition) is 2. The molecule has 4 atom stereocenters. The third-order valence-corrected chi connectivity index (χ3v) is 5.20. The summed E-state index contributed by atoms with van der Waals surface area (Å²) >= 11 is 5.96. The van der Waals surface area contributed by atoms with E-state index in [-0.39, 0.29) is 0 Å². The van der Waals surface area contributed by atoms with E-state index in [2.05, 4.69) is 0 Å². The Balaban J connectivity index is 1.71. The summed E-state index contributed by atoms with van der Waals surface area (Å²) in [7, 11) is 1.62. The number of hydrogen-bond donors (Lipinski definition) is 1. The van der Waals surface area contributed by atoms with Gasteiger partial charge in [0.2, 0.25) is 0 Å². The molecule has 104 valence electrons. The molecule has 0 radical (unpaired) electrons. The van der Waals surface area contributed by atoms with Crippen molar-refractivity contribution in [2.75, 3.05) is 7.11 Å². The van der Waals surface area contributed by atoms with Gasteiger partial charge in [-0.25, -0.2) is 0 Å². The van der Waals surface area contributed by atoms with E-state index in [1.165, 1.54) is 25.7 Å². The Bertz CT molecular complexity index is 460. The van der Waals surface area contributed by atoms with Crippen molar-refractivity contribution in [2.24, 2.45) is 17.8 Å². The molecule has 19 heavy (non-hydrogen) atoms. The molecule has 0 spiro atoms. The van der Waals surface area contributed by atoms with Crippen LogP contribution in [0.15, 0.2) is 18.2 Å². The summed E-state index contributed by atoms with van der Waals surface area (Å²) in [6, 6.07) is 5.49. The van der Waals surface area contributed by atoms with Crippen LogP contribution in [-0.4, -0.2) is 12.2 Å². The van der Waals surface area contributed by atoms with E-state index in [1.807, 2.05) is 12.1 Å². The van der Waals surface area contributed by atoms with Gasteiger partial charge in [0.1, 0.15) is 5.75 Å². The Morgan fingerprint density at radius 2 is 2.21 bits per heavy atom. The van der Waals surface area contributed by atoms with Gasteiger partial charge >= 0.3 is 0 Å². The molecule has 2 fully saturated rings. The first-order valence-corrected chi connectivity index (χ1v) is 7.56. The van der Waals surface area contributed by atoms with Gasteiger partial charge in [-0.15, -0.1) is 0 Å². The highest BCUT2D eigenvalue weighted by Gasteiger charge is 2.40. The minimum atomic E-state index is -0.434. The molecule has 2 bridgehead atoms. The van der Waals surface area contributed by atoms with Crippen molar-refractivity contribution >= 4 is 11.6 Å². The predicted octanol–water partition coefficient (Wildman–Crippen LogP) is 4.21. The second-order valence-corrected chi connectivity index (χ2v) is 6.51. The molecule has 3 rings (SSSR count). The first kappa shape index (κ1) is 13.3. The normalized spacial score (nSPS) is 30.6. The maximum Gasteiger partial charge on any atom is 0.126 e. The zero-order valence-electron chi connectivity index (χ0n) is 11.3. The third kappa shape index (κ3) is 2.61. The van der Waals surface area contributed by atoms with E-state index < -0.39 is 6.10 Å². The highest BCUT2D eigenvalue weighted by molar-refractivity contribution is 6.30. The third-order valence-electron chi connectivity index (χ3n) is 4.97. The molecule has 0 aromatic heterocycles. The van der Waals surface area contributed by atoms with Crippen molar-refractivity contribution in [3.63, 3.8) is 0 Å². The second-order valence-electron chi connectivity index (χ2n) is 6.07. The summed E-state index contributed by atoms with van der Waals surface area (Å²) in [5.41, 5.74) is 0.870. The molecule has 0 heterocycles. The average molecular weight is 281 g/mol. The zero-order chi connectivity index (χ0) is 13.4. The first-order valence-electron chi connectivity index (χ1n) is 7.19. The highest BCUT2D eigenvalue weighted by Crippen LogP contribution is 2.51. The minimum Gasteiger partial charge on any atom is -0.496 e. The standard InChI is InChI=1S/C16H21ClO2/c1-19-16-9-13(17)4-5-14(16)15(18)8-12-7-10-2-3-11(12)6-10/h4-5,9-12,15,18H,2-3,6-8H2,1H3. The molecule has 0 aliphatic heterocycles. The molecule has 0 saturated heterocycles. The Kier molecular flexibility index (Phi) is 3.72. The Morgan fingerprint density at radius 3 is 2.84 bits per heavy atom. The topological polar surface area (TPSA) is 29.5 Å². The van der Waals surface area contributed by atoms with E-state index >= 15 is 0 Å². The molecule has 4 unspecified atom stereocenters. The van der Waals surface area contributed by atoms with E-state index in [4.69, 9.17) is 16.3 Å². The highest BCUT2D eigenvalue weighted by atomic mass is 35.5. The lowest BCUT2D eigenvalue weighted by molar-refractivity contribution is 0.123. The molecule has 1 aromatic carbocycles. The lowest BCUT2D eigenvalue weighted by Gasteiger charge is -2.25. The van der Waals surface area contributed by atoms with Crippen LogP contribution in [0.4, 0.5) is 0 Å². The van der Waals surface area contributed by atoms with Crippen LogP contribution >= 0.6 is 11.6 Å². The van der Waals surface area contributed by atoms with Crippen LogP contribution in [0.25, 0.3) is 0 Å². The van der Waals surface area contributed by atoms with E-state index in [9.17, 15) is 5.11 Å². The molecule has 0 amide bonds. The number of ether oxygens (including phenoxy) is 1. The Hall–Kier alpha value is -0.730. The minimum absolute atomic E-state index is 0.434. The first-order chi connectivity index (χ1) is 9.17. The number of aliphatic hydroxyl groups is 1. The summed E-state index contributed by atoms with van der Waals surface area (Å²) in [5.74, 6) is 3.16. The van der Waals surface area contributed by atoms with Gasteiger partial charge in [0, 0.05) is 10.6 Å². The van der Waals surface area contributed by atoms with Crippen molar-refractivity contribution < 1.29 is 9.84 Å². The molecule has 1 N–H and O–H groups in total. The average Bonchev–Trinajstić information content (AvgIpc) is 3.00. The van der Waals surface area contributed by atoms with Gasteiger partial charge in [0.25, 0.3) is 0 Å². The summed E-state index contributed by atoms with van der Waals surface area (Å²) in [4.78, 5) is 0. The maximum atomic E-state index is 10.5. The van der Waals surface area contributed by atoms with Crippen LogP contribution in [0.2, 0.25) is 5.02 Å². The van der Waals surface area contributed by atoms with Crippen molar-refractivity contribution in [2.45, 2.75) is 38.2 Å². The fourth-order valence-corrected chi connectivity index (χ4v) is 4.20. The van der Waals surface area contributed by atoms with Crippen LogP contribution in [0.5, 0.6) is 5.75 Å². The van der Waals surface area contributed by atoms with Gasteiger partial charge < -0.3 is 9.84 Å². The fraction of sp³-hybridized carbons (Fsp3) is 0.625. The Labute approximate surface area is 119 Å². The van der Waals surface area contributed by atoms with Gasteiger partial charge in [-0.1, -0.05) is 24.1 Å². The van der Waals surface area contributed by atoms with Crippen molar-refractivity contribution in [3.05, 3.63) is 28.8 Å². The lowest BCUT2D eigenvalue weighted by Crippen LogP contribution is -2.14. The molecule has 1 aromatic rings. The Morgan fingerprint density at radius 1 is 1.37 bits per heavy atom. The molecule has 2 aliphatic rings. The number of fused-ring (bicyclic) bond motifs is 2. The van der Waals surface area contributed by atoms with Gasteiger partial charge in [0.15, 0.2) is 0 Å². The van der Waals surface area contributed by atoms with Gasteiger partial charge in [-0.3, -0.25) is 0 Å². The smallest absolute Gasteiger partial charge is 0.126 e. The van der Waals surface area contributed by atoms with Crippen molar-refractivity contribution in [1.29, 1.82) is 0 Å². The van der Waals surface area contributed by atoms with E-state index in [0.717, 1.165) is 23.8 Å². The quantitative estimate of drug-likeness (QED) is 0.895. The molecular formula is C16H21ClO2. The van der Waals surface area contributed by atoms with Gasteiger partial charge in [-0.2, -0.15) is 0 Å². The number of aliphatic hydroxyl groups excluding tert-OH is 1. The lowest BCUT2D eigenvalue weighted by atomic mass is 9.83. The van der Waals surface area contributed by atoms with Crippen LogP contribution in [-0.2, 0) is 0 Å². The summed E-state index contributed by atoms with van der Waals surface area (Å²) in [6.07, 6.45) is 5.88. The predicted molar refractivity (Wildman–Crippen MR) is 76.5 cm³/mol. The summed E-state index contributed by atoms with van der Waals surface area (Å²) in [5, 5.41) is 11.1. The van der Waals surface area contributed by atoms with Crippen molar-refractivity contribution in [1.82, 2.24) is 0 Å². The number of benzene rings is 1. The number of rotatable bonds is 4. The summed E-state index contributed by atoms with van der Waals surface area (Å²) < 4.78 is 5.33. The largest absolute Gasteiger partial charge is 0.496 e. The van der Waals surface area contributed by atoms with Gasteiger partial charge in [0.05, 0.1) is 13.2 Å². The van der Waals surface area contributed by atoms with Crippen LogP contribution in [0, 0.1) is 17.8 Å². The SMILES string of the molecule is COc1cc(Cl)ccc1C(O)CC1CC2CCC1C2. The number of halogens is 1. The molecule has 3 heteroatoms. The molecular weight excluding hydrogens is 260 g/mol. The van der Waals surface area contributed by atoms with E-state index in [0.29, 0.717) is 16.7 Å². The second kappa shape index (κ2) is 5.34. The van der Waals surface area contributed by atoms with Crippen LogP contribution < -0.4 is 4.74 Å². The van der Waals surface area contributed by atoms with E-state index in [1.54, 1.807) is 13.2 Å². The molecule has 2 aliphatic carbocycles. The number of methoxy groups -OCH3 is 1. The van der Waals surface area contributed by atoms with Crippen LogP contribution in [0.1, 0.15) is 43.8 Å². The van der Waals surface area contributed by atoms with Crippen LogP contribution in [0.3, 0.4) is 0 Å². The molecule has 2 nitrogen and oxygen atoms in total. The van der Waals surface area contributed by atoms with Gasteiger partial charge in [-0.05, 0) is 55.6 Å². The maximum absolute atomic E-state index is 10.5. The van der Waals surface area contributed by atoms with Crippen molar-refractivity contribution in [3.8, 4) is 5.75 Å². The summed E-state index contributed by atoms with van der Waals surface area (Å²) in [6.45, 7) is 0. The molecule has 2 saturated carbocycles.